The van der Waals surface area contributed by atoms with E-state index in [1.54, 1.807) is 18.2 Å². The van der Waals surface area contributed by atoms with Gasteiger partial charge in [-0.15, -0.1) is 11.3 Å². The number of hydrogen-bond acceptors (Lipinski definition) is 2. The number of aryl methyl sites for hydroxylation is 1. The molecular weight excluding hydrogens is 252 g/mol. The lowest BCUT2D eigenvalue weighted by molar-refractivity contribution is 0.105. The lowest BCUT2D eigenvalue weighted by Crippen LogP contribution is -1.88. The van der Waals surface area contributed by atoms with Crippen LogP contribution in [0.25, 0.3) is 6.08 Å². The van der Waals surface area contributed by atoms with Crippen molar-refractivity contribution in [3.8, 4) is 0 Å². The standard InChI is InChI=1S/C14H11ClOS/c1-10-6-9-14(17-10)13(16)8-7-11-4-2-3-5-12(11)15/h2-9H,1H3/b8-7+. The molecule has 0 bridgehead atoms. The van der Waals surface area contributed by atoms with Crippen LogP contribution in [0.3, 0.4) is 0 Å². The summed E-state index contributed by atoms with van der Waals surface area (Å²) in [7, 11) is 0. The first-order valence-corrected chi connectivity index (χ1v) is 6.39. The minimum atomic E-state index is 0.0167. The number of allylic oxidation sites excluding steroid dienone is 1. The van der Waals surface area contributed by atoms with Gasteiger partial charge < -0.3 is 0 Å². The summed E-state index contributed by atoms with van der Waals surface area (Å²) in [6.45, 7) is 1.99. The van der Waals surface area contributed by atoms with Gasteiger partial charge >= 0.3 is 0 Å². The van der Waals surface area contributed by atoms with E-state index in [0.29, 0.717) is 5.02 Å². The molecule has 86 valence electrons. The number of carbonyl (C=O) groups excluding carboxylic acids is 1. The summed E-state index contributed by atoms with van der Waals surface area (Å²) in [6, 6.07) is 11.2. The molecule has 3 heteroatoms. The number of carbonyl (C=O) groups is 1. The van der Waals surface area contributed by atoms with Crippen molar-refractivity contribution >= 4 is 34.8 Å². The molecule has 0 N–H and O–H groups in total. The normalized spacial score (nSPS) is 10.9. The molecule has 0 aliphatic rings. The van der Waals surface area contributed by atoms with E-state index in [9.17, 15) is 4.79 Å². The van der Waals surface area contributed by atoms with Crippen molar-refractivity contribution in [2.45, 2.75) is 6.92 Å². The maximum absolute atomic E-state index is 11.8. The van der Waals surface area contributed by atoms with Crippen LogP contribution in [0.5, 0.6) is 0 Å². The average Bonchev–Trinajstić information content (AvgIpc) is 2.74. The molecule has 1 aromatic heterocycles. The first-order chi connectivity index (χ1) is 8.16. The van der Waals surface area contributed by atoms with Crippen LogP contribution < -0.4 is 0 Å². The third-order valence-corrected chi connectivity index (χ3v) is 3.66. The fourth-order valence-electron chi connectivity index (χ4n) is 1.42. The largest absolute Gasteiger partial charge is 0.288 e. The molecule has 0 amide bonds. The number of thiophene rings is 1. The molecule has 0 unspecified atom stereocenters. The minimum absolute atomic E-state index is 0.0167. The fourth-order valence-corrected chi connectivity index (χ4v) is 2.41. The Morgan fingerprint density at radius 3 is 2.65 bits per heavy atom. The Morgan fingerprint density at radius 2 is 2.00 bits per heavy atom. The van der Waals surface area contributed by atoms with Crippen LogP contribution in [-0.2, 0) is 0 Å². The lowest BCUT2D eigenvalue weighted by Gasteiger charge is -1.95. The van der Waals surface area contributed by atoms with Gasteiger partial charge in [0.2, 0.25) is 0 Å². The number of halogens is 1. The van der Waals surface area contributed by atoms with Crippen molar-refractivity contribution in [1.82, 2.24) is 0 Å². The van der Waals surface area contributed by atoms with Crippen LogP contribution in [0.4, 0.5) is 0 Å². The van der Waals surface area contributed by atoms with Crippen molar-refractivity contribution in [2.75, 3.05) is 0 Å². The summed E-state index contributed by atoms with van der Waals surface area (Å²) in [4.78, 5) is 13.7. The van der Waals surface area contributed by atoms with Crippen LogP contribution in [0.2, 0.25) is 5.02 Å². The summed E-state index contributed by atoms with van der Waals surface area (Å²) in [5.41, 5.74) is 0.857. The molecule has 0 atom stereocenters. The van der Waals surface area contributed by atoms with Gasteiger partial charge in [-0.3, -0.25) is 4.79 Å². The highest BCUT2D eigenvalue weighted by molar-refractivity contribution is 7.14. The number of ketones is 1. The molecule has 0 saturated heterocycles. The minimum Gasteiger partial charge on any atom is -0.288 e. The highest BCUT2D eigenvalue weighted by Gasteiger charge is 2.04. The molecule has 0 saturated carbocycles. The number of rotatable bonds is 3. The number of hydrogen-bond donors (Lipinski definition) is 0. The van der Waals surface area contributed by atoms with Crippen LogP contribution in [-0.4, -0.2) is 5.78 Å². The van der Waals surface area contributed by atoms with Crippen LogP contribution >= 0.6 is 22.9 Å². The van der Waals surface area contributed by atoms with Crippen molar-refractivity contribution in [3.05, 3.63) is 62.8 Å². The summed E-state index contributed by atoms with van der Waals surface area (Å²) < 4.78 is 0. The Labute approximate surface area is 109 Å². The van der Waals surface area contributed by atoms with E-state index in [2.05, 4.69) is 0 Å². The molecule has 1 heterocycles. The zero-order valence-corrected chi connectivity index (χ0v) is 10.9. The molecular formula is C14H11ClOS. The molecule has 0 fully saturated rings. The predicted octanol–water partition coefficient (Wildman–Crippen LogP) is 4.61. The van der Waals surface area contributed by atoms with Gasteiger partial charge in [0.05, 0.1) is 4.88 Å². The first kappa shape index (κ1) is 12.1. The van der Waals surface area contributed by atoms with Gasteiger partial charge in [-0.2, -0.15) is 0 Å². The second-order valence-electron chi connectivity index (χ2n) is 3.63. The SMILES string of the molecule is Cc1ccc(C(=O)/C=C/c2ccccc2Cl)s1. The van der Waals surface area contributed by atoms with Crippen LogP contribution in [0.1, 0.15) is 20.1 Å². The second-order valence-corrected chi connectivity index (χ2v) is 5.32. The van der Waals surface area contributed by atoms with Crippen LogP contribution in [0, 0.1) is 6.92 Å². The summed E-state index contributed by atoms with van der Waals surface area (Å²) in [5.74, 6) is 0.0167. The molecule has 1 nitrogen and oxygen atoms in total. The van der Waals surface area contributed by atoms with Gasteiger partial charge in [-0.05, 0) is 42.8 Å². The maximum atomic E-state index is 11.8. The summed E-state index contributed by atoms with van der Waals surface area (Å²) >= 11 is 7.50. The van der Waals surface area contributed by atoms with Gasteiger partial charge in [0.15, 0.2) is 5.78 Å². The maximum Gasteiger partial charge on any atom is 0.195 e. The molecule has 0 aliphatic carbocycles. The molecule has 1 aromatic carbocycles. The van der Waals surface area contributed by atoms with Crippen molar-refractivity contribution in [3.63, 3.8) is 0 Å². The molecule has 2 rings (SSSR count). The van der Waals surface area contributed by atoms with E-state index < -0.39 is 0 Å². The Balaban J connectivity index is 2.17. The summed E-state index contributed by atoms with van der Waals surface area (Å²) in [6.07, 6.45) is 3.31. The lowest BCUT2D eigenvalue weighted by atomic mass is 10.2. The third-order valence-electron chi connectivity index (χ3n) is 2.30. The number of benzene rings is 1. The van der Waals surface area contributed by atoms with E-state index in [-0.39, 0.29) is 5.78 Å². The average molecular weight is 263 g/mol. The Morgan fingerprint density at radius 1 is 1.24 bits per heavy atom. The van der Waals surface area contributed by atoms with Gasteiger partial charge in [-0.1, -0.05) is 29.8 Å². The van der Waals surface area contributed by atoms with E-state index in [4.69, 9.17) is 11.6 Å². The molecule has 0 spiro atoms. The van der Waals surface area contributed by atoms with E-state index in [0.717, 1.165) is 15.3 Å². The zero-order chi connectivity index (χ0) is 12.3. The summed E-state index contributed by atoms with van der Waals surface area (Å²) in [5, 5.41) is 0.652. The van der Waals surface area contributed by atoms with Gasteiger partial charge in [0.1, 0.15) is 0 Å². The van der Waals surface area contributed by atoms with Gasteiger partial charge in [-0.25, -0.2) is 0 Å². The van der Waals surface area contributed by atoms with Crippen molar-refractivity contribution in [1.29, 1.82) is 0 Å². The van der Waals surface area contributed by atoms with Crippen molar-refractivity contribution < 1.29 is 4.79 Å². The van der Waals surface area contributed by atoms with Crippen molar-refractivity contribution in [2.24, 2.45) is 0 Å². The first-order valence-electron chi connectivity index (χ1n) is 5.20. The third kappa shape index (κ3) is 3.05. The highest BCUT2D eigenvalue weighted by atomic mass is 35.5. The molecule has 0 aliphatic heterocycles. The molecule has 2 aromatic rings. The second kappa shape index (κ2) is 5.30. The predicted molar refractivity (Wildman–Crippen MR) is 73.9 cm³/mol. The van der Waals surface area contributed by atoms with Gasteiger partial charge in [0.25, 0.3) is 0 Å². The fraction of sp³-hybridized carbons (Fsp3) is 0.0714. The topological polar surface area (TPSA) is 17.1 Å². The van der Waals surface area contributed by atoms with E-state index in [1.165, 1.54) is 11.3 Å². The zero-order valence-electron chi connectivity index (χ0n) is 9.31. The Bertz CT molecular complexity index is 569. The molecule has 0 radical (unpaired) electrons. The Hall–Kier alpha value is -1.38. The highest BCUT2D eigenvalue weighted by Crippen LogP contribution is 2.19. The quantitative estimate of drug-likeness (QED) is 0.583. The van der Waals surface area contributed by atoms with E-state index in [1.807, 2.05) is 37.3 Å². The van der Waals surface area contributed by atoms with E-state index >= 15 is 0 Å². The smallest absolute Gasteiger partial charge is 0.195 e. The van der Waals surface area contributed by atoms with Gasteiger partial charge in [0, 0.05) is 9.90 Å². The molecule has 17 heavy (non-hydrogen) atoms. The Kier molecular flexibility index (Phi) is 3.77. The monoisotopic (exact) mass is 262 g/mol. The van der Waals surface area contributed by atoms with Crippen LogP contribution in [0.15, 0.2) is 42.5 Å².